The lowest BCUT2D eigenvalue weighted by atomic mass is 9.99. The molecule has 0 aromatic carbocycles. The zero-order valence-corrected chi connectivity index (χ0v) is 12.1. The van der Waals surface area contributed by atoms with Gasteiger partial charge in [-0.25, -0.2) is 4.79 Å². The van der Waals surface area contributed by atoms with Crippen molar-refractivity contribution in [2.45, 2.75) is 25.8 Å². The van der Waals surface area contributed by atoms with Crippen LogP contribution >= 0.6 is 11.3 Å². The van der Waals surface area contributed by atoms with Crippen LogP contribution in [0.3, 0.4) is 0 Å². The van der Waals surface area contributed by atoms with Gasteiger partial charge in [0.25, 0.3) is 11.8 Å². The lowest BCUT2D eigenvalue weighted by molar-refractivity contribution is -0.123. The molecule has 0 bridgehead atoms. The third-order valence-corrected chi connectivity index (χ3v) is 4.81. The van der Waals surface area contributed by atoms with Gasteiger partial charge in [-0.1, -0.05) is 0 Å². The summed E-state index contributed by atoms with van der Waals surface area (Å²) in [6.07, 6.45) is 0.457. The standard InChI is InChI=1S/C13H15N3O3S/c1-7-5-9(8(2)20-7)10(17)16-4-3-13(6-16)11(18)14-12(19)15-13/h5H,3-4,6H2,1-2H3,(H2,14,15,18,19)/t13-/m0/s1. The number of urea groups is 1. The number of rotatable bonds is 1. The van der Waals surface area contributed by atoms with Crippen LogP contribution in [-0.4, -0.2) is 41.4 Å². The molecule has 0 radical (unpaired) electrons. The molecule has 3 heterocycles. The Morgan fingerprint density at radius 3 is 2.70 bits per heavy atom. The Morgan fingerprint density at radius 1 is 1.40 bits per heavy atom. The number of nitrogens with zero attached hydrogens (tertiary/aromatic N) is 1. The molecule has 6 nitrogen and oxygen atoms in total. The minimum Gasteiger partial charge on any atom is -0.336 e. The third kappa shape index (κ3) is 1.89. The van der Waals surface area contributed by atoms with Gasteiger partial charge in [0.15, 0.2) is 0 Å². The van der Waals surface area contributed by atoms with E-state index in [-0.39, 0.29) is 18.4 Å². The number of carbonyl (C=O) groups is 3. The molecule has 4 amide bonds. The number of imide groups is 1. The predicted octanol–water partition coefficient (Wildman–Crippen LogP) is 0.789. The van der Waals surface area contributed by atoms with Crippen LogP contribution in [0.1, 0.15) is 26.5 Å². The van der Waals surface area contributed by atoms with E-state index in [0.717, 1.165) is 9.75 Å². The molecule has 2 aliphatic heterocycles. The van der Waals surface area contributed by atoms with E-state index in [2.05, 4.69) is 10.6 Å². The molecule has 2 N–H and O–H groups in total. The smallest absolute Gasteiger partial charge is 0.322 e. The van der Waals surface area contributed by atoms with Crippen molar-refractivity contribution in [3.63, 3.8) is 0 Å². The number of hydrogen-bond acceptors (Lipinski definition) is 4. The summed E-state index contributed by atoms with van der Waals surface area (Å²) in [4.78, 5) is 39.3. The fraction of sp³-hybridized carbons (Fsp3) is 0.462. The Kier molecular flexibility index (Phi) is 2.82. The zero-order chi connectivity index (χ0) is 14.5. The molecule has 2 fully saturated rings. The molecule has 2 aliphatic rings. The van der Waals surface area contributed by atoms with Gasteiger partial charge < -0.3 is 10.2 Å². The molecule has 0 saturated carbocycles. The third-order valence-electron chi connectivity index (χ3n) is 3.84. The van der Waals surface area contributed by atoms with E-state index in [1.807, 2.05) is 19.9 Å². The lowest BCUT2D eigenvalue weighted by Gasteiger charge is -2.21. The van der Waals surface area contributed by atoms with E-state index in [1.54, 1.807) is 16.2 Å². The number of amides is 4. The van der Waals surface area contributed by atoms with E-state index in [4.69, 9.17) is 0 Å². The van der Waals surface area contributed by atoms with Gasteiger partial charge in [0.2, 0.25) is 0 Å². The highest BCUT2D eigenvalue weighted by Crippen LogP contribution is 2.28. The molecule has 3 rings (SSSR count). The monoisotopic (exact) mass is 293 g/mol. The van der Waals surface area contributed by atoms with Gasteiger partial charge >= 0.3 is 6.03 Å². The molecule has 2 saturated heterocycles. The molecular weight excluding hydrogens is 278 g/mol. The maximum Gasteiger partial charge on any atom is 0.322 e. The van der Waals surface area contributed by atoms with E-state index >= 15 is 0 Å². The molecule has 106 valence electrons. The maximum absolute atomic E-state index is 12.5. The van der Waals surface area contributed by atoms with Crippen molar-refractivity contribution in [2.75, 3.05) is 13.1 Å². The van der Waals surface area contributed by atoms with Crippen LogP contribution in [0.5, 0.6) is 0 Å². The SMILES string of the molecule is Cc1cc(C(=O)N2CC[C@@]3(C2)NC(=O)NC3=O)c(C)s1. The topological polar surface area (TPSA) is 78.5 Å². The highest BCUT2D eigenvalue weighted by Gasteiger charge is 2.51. The average molecular weight is 293 g/mol. The van der Waals surface area contributed by atoms with Crippen LogP contribution in [0.2, 0.25) is 0 Å². The molecule has 20 heavy (non-hydrogen) atoms. The first-order valence-electron chi connectivity index (χ1n) is 6.41. The summed E-state index contributed by atoms with van der Waals surface area (Å²) >= 11 is 1.58. The van der Waals surface area contributed by atoms with Crippen molar-refractivity contribution in [3.8, 4) is 0 Å². The highest BCUT2D eigenvalue weighted by atomic mass is 32.1. The van der Waals surface area contributed by atoms with E-state index in [0.29, 0.717) is 18.5 Å². The first kappa shape index (κ1) is 13.1. The Labute approximate surface area is 120 Å². The number of thiophene rings is 1. The number of likely N-dealkylation sites (tertiary alicyclic amines) is 1. The Morgan fingerprint density at radius 2 is 2.15 bits per heavy atom. The number of aryl methyl sites for hydroxylation is 2. The minimum atomic E-state index is -0.939. The van der Waals surface area contributed by atoms with Crippen molar-refractivity contribution in [1.29, 1.82) is 0 Å². The lowest BCUT2D eigenvalue weighted by Crippen LogP contribution is -2.49. The first-order valence-corrected chi connectivity index (χ1v) is 7.23. The Hall–Kier alpha value is -1.89. The van der Waals surface area contributed by atoms with Crippen molar-refractivity contribution < 1.29 is 14.4 Å². The van der Waals surface area contributed by atoms with Gasteiger partial charge in [-0.15, -0.1) is 11.3 Å². The first-order chi connectivity index (χ1) is 9.41. The summed E-state index contributed by atoms with van der Waals surface area (Å²) in [5, 5.41) is 4.88. The summed E-state index contributed by atoms with van der Waals surface area (Å²) in [6, 6.07) is 1.40. The molecular formula is C13H15N3O3S. The second-order valence-electron chi connectivity index (χ2n) is 5.29. The van der Waals surface area contributed by atoms with Gasteiger partial charge in [-0.3, -0.25) is 14.9 Å². The molecule has 1 aromatic heterocycles. The summed E-state index contributed by atoms with van der Waals surface area (Å²) in [5.41, 5.74) is -0.250. The second kappa shape index (κ2) is 4.31. The van der Waals surface area contributed by atoms with Crippen molar-refractivity contribution in [3.05, 3.63) is 21.4 Å². The highest BCUT2D eigenvalue weighted by molar-refractivity contribution is 7.12. The minimum absolute atomic E-state index is 0.0716. The van der Waals surface area contributed by atoms with E-state index in [1.165, 1.54) is 0 Å². The fourth-order valence-corrected chi connectivity index (χ4v) is 3.73. The quantitative estimate of drug-likeness (QED) is 0.751. The van der Waals surface area contributed by atoms with Crippen LogP contribution in [0.15, 0.2) is 6.07 Å². The Bertz CT molecular complexity index is 624. The largest absolute Gasteiger partial charge is 0.336 e. The summed E-state index contributed by atoms with van der Waals surface area (Å²) in [6.45, 7) is 4.59. The maximum atomic E-state index is 12.5. The molecule has 7 heteroatoms. The molecule has 1 atom stereocenters. The molecule has 0 unspecified atom stereocenters. The number of hydrogen-bond donors (Lipinski definition) is 2. The van der Waals surface area contributed by atoms with Crippen LogP contribution in [-0.2, 0) is 4.79 Å². The number of carbonyl (C=O) groups excluding carboxylic acids is 3. The van der Waals surface area contributed by atoms with Gasteiger partial charge in [0.05, 0.1) is 12.1 Å². The predicted molar refractivity (Wildman–Crippen MR) is 73.7 cm³/mol. The van der Waals surface area contributed by atoms with Crippen molar-refractivity contribution in [2.24, 2.45) is 0 Å². The fourth-order valence-electron chi connectivity index (χ4n) is 2.81. The van der Waals surface area contributed by atoms with Crippen LogP contribution in [0.4, 0.5) is 4.79 Å². The van der Waals surface area contributed by atoms with Gasteiger partial charge in [0, 0.05) is 16.3 Å². The van der Waals surface area contributed by atoms with Crippen molar-refractivity contribution in [1.82, 2.24) is 15.5 Å². The van der Waals surface area contributed by atoms with Gasteiger partial charge in [-0.2, -0.15) is 0 Å². The van der Waals surface area contributed by atoms with Crippen LogP contribution < -0.4 is 10.6 Å². The summed E-state index contributed by atoms with van der Waals surface area (Å²) in [7, 11) is 0. The summed E-state index contributed by atoms with van der Waals surface area (Å²) in [5.74, 6) is -0.409. The number of nitrogens with one attached hydrogen (secondary N) is 2. The van der Waals surface area contributed by atoms with Crippen molar-refractivity contribution >= 4 is 29.2 Å². The van der Waals surface area contributed by atoms with Gasteiger partial charge in [0.1, 0.15) is 5.54 Å². The molecule has 1 spiro atoms. The van der Waals surface area contributed by atoms with Gasteiger partial charge in [-0.05, 0) is 26.3 Å². The van der Waals surface area contributed by atoms with Crippen LogP contribution in [0, 0.1) is 13.8 Å². The average Bonchev–Trinajstić information content (AvgIpc) is 3.00. The zero-order valence-electron chi connectivity index (χ0n) is 11.3. The Balaban J connectivity index is 1.81. The molecule has 1 aromatic rings. The van der Waals surface area contributed by atoms with Crippen LogP contribution in [0.25, 0.3) is 0 Å². The van der Waals surface area contributed by atoms with E-state index < -0.39 is 11.6 Å². The second-order valence-corrected chi connectivity index (χ2v) is 6.75. The van der Waals surface area contributed by atoms with E-state index in [9.17, 15) is 14.4 Å². The molecule has 0 aliphatic carbocycles. The summed E-state index contributed by atoms with van der Waals surface area (Å²) < 4.78 is 0. The normalized spacial score (nSPS) is 25.2.